The van der Waals surface area contributed by atoms with Gasteiger partial charge in [-0.25, -0.2) is 4.98 Å². The van der Waals surface area contributed by atoms with Gasteiger partial charge in [-0.3, -0.25) is 4.79 Å². The average molecular weight is 274 g/mol. The van der Waals surface area contributed by atoms with Crippen LogP contribution in [0.5, 0.6) is 0 Å². The molecule has 108 valence electrons. The molecule has 4 nitrogen and oxygen atoms in total. The second-order valence-corrected chi connectivity index (χ2v) is 4.97. The van der Waals surface area contributed by atoms with Gasteiger partial charge in [-0.2, -0.15) is 0 Å². The normalized spacial score (nSPS) is 10.0. The average Bonchev–Trinajstić information content (AvgIpc) is 2.44. The highest BCUT2D eigenvalue weighted by molar-refractivity contribution is 5.94. The van der Waals surface area contributed by atoms with Crippen molar-refractivity contribution < 1.29 is 9.90 Å². The van der Waals surface area contributed by atoms with Gasteiger partial charge >= 0.3 is 0 Å². The number of hydrogen-bond acceptors (Lipinski definition) is 3. The molecule has 1 aromatic rings. The number of aromatic nitrogens is 1. The first-order valence-electron chi connectivity index (χ1n) is 6.98. The zero-order chi connectivity index (χ0) is 14.8. The number of rotatable bonds is 6. The number of carbonyl (C=O) groups is 1. The van der Waals surface area contributed by atoms with Gasteiger partial charge in [0.2, 0.25) is 0 Å². The van der Waals surface area contributed by atoms with Crippen molar-refractivity contribution in [2.24, 2.45) is 5.92 Å². The van der Waals surface area contributed by atoms with E-state index in [2.05, 4.69) is 36.0 Å². The lowest BCUT2D eigenvalue weighted by Crippen LogP contribution is -2.26. The van der Waals surface area contributed by atoms with Crippen molar-refractivity contribution in [1.82, 2.24) is 10.3 Å². The van der Waals surface area contributed by atoms with E-state index in [-0.39, 0.29) is 12.5 Å². The summed E-state index contributed by atoms with van der Waals surface area (Å²) in [6.07, 6.45) is 4.03. The van der Waals surface area contributed by atoms with Gasteiger partial charge in [0.1, 0.15) is 5.69 Å². The Kier molecular flexibility index (Phi) is 7.38. The number of aliphatic hydroxyl groups excluding tert-OH is 1. The summed E-state index contributed by atoms with van der Waals surface area (Å²) in [6.45, 7) is 4.99. The molecular weight excluding hydrogens is 252 g/mol. The lowest BCUT2D eigenvalue weighted by Gasteiger charge is -2.07. The minimum atomic E-state index is -0.192. The van der Waals surface area contributed by atoms with Crippen LogP contribution in [0.2, 0.25) is 0 Å². The summed E-state index contributed by atoms with van der Waals surface area (Å²) in [6, 6.07) is 3.51. The Balaban J connectivity index is 2.61. The van der Waals surface area contributed by atoms with Gasteiger partial charge in [-0.05, 0) is 30.9 Å². The molecule has 0 bridgehead atoms. The highest BCUT2D eigenvalue weighted by Crippen LogP contribution is 2.05. The molecule has 0 atom stereocenters. The molecule has 4 heteroatoms. The summed E-state index contributed by atoms with van der Waals surface area (Å²) in [4.78, 5) is 16.1. The van der Waals surface area contributed by atoms with Crippen molar-refractivity contribution in [2.45, 2.75) is 33.1 Å². The monoisotopic (exact) mass is 274 g/mol. The Morgan fingerprint density at radius 1 is 1.50 bits per heavy atom. The molecular formula is C16H22N2O2. The Hall–Kier alpha value is -1.86. The lowest BCUT2D eigenvalue weighted by atomic mass is 10.1. The first-order valence-corrected chi connectivity index (χ1v) is 6.98. The zero-order valence-corrected chi connectivity index (χ0v) is 12.1. The number of hydrogen-bond donors (Lipinski definition) is 2. The Bertz CT molecular complexity index is 487. The van der Waals surface area contributed by atoms with Crippen LogP contribution in [0.3, 0.4) is 0 Å². The fraction of sp³-hybridized carbons (Fsp3) is 0.500. The van der Waals surface area contributed by atoms with Crippen LogP contribution < -0.4 is 5.32 Å². The Labute approximate surface area is 120 Å². The molecule has 1 aromatic heterocycles. The molecule has 0 saturated heterocycles. The molecule has 0 saturated carbocycles. The molecule has 1 rings (SSSR count). The lowest BCUT2D eigenvalue weighted by molar-refractivity contribution is 0.0947. The van der Waals surface area contributed by atoms with Crippen molar-refractivity contribution in [2.75, 3.05) is 13.2 Å². The highest BCUT2D eigenvalue weighted by Gasteiger charge is 2.10. The van der Waals surface area contributed by atoms with Crippen LogP contribution in [-0.2, 0) is 0 Å². The molecule has 0 unspecified atom stereocenters. The summed E-state index contributed by atoms with van der Waals surface area (Å²) >= 11 is 0. The Morgan fingerprint density at radius 2 is 2.30 bits per heavy atom. The number of pyridine rings is 1. The number of carbonyl (C=O) groups excluding carboxylic acids is 1. The minimum absolute atomic E-state index is 0.0179. The van der Waals surface area contributed by atoms with Crippen LogP contribution in [0.15, 0.2) is 18.3 Å². The molecule has 0 spiro atoms. The Morgan fingerprint density at radius 3 is 3.00 bits per heavy atom. The summed E-state index contributed by atoms with van der Waals surface area (Å²) in [7, 11) is 0. The summed E-state index contributed by atoms with van der Waals surface area (Å²) in [5.74, 6) is 6.13. The number of amides is 1. The largest absolute Gasteiger partial charge is 0.395 e. The van der Waals surface area contributed by atoms with Gasteiger partial charge < -0.3 is 10.4 Å². The van der Waals surface area contributed by atoms with Crippen molar-refractivity contribution in [1.29, 1.82) is 0 Å². The van der Waals surface area contributed by atoms with Crippen LogP contribution in [0.1, 0.15) is 49.2 Å². The SMILES string of the molecule is CC(C)CCCNC(=O)c1ncccc1C#CCCO. The zero-order valence-electron chi connectivity index (χ0n) is 12.1. The summed E-state index contributed by atoms with van der Waals surface area (Å²) in [5.41, 5.74) is 0.949. The highest BCUT2D eigenvalue weighted by atomic mass is 16.2. The van der Waals surface area contributed by atoms with Crippen LogP contribution in [-0.4, -0.2) is 29.1 Å². The third-order valence-corrected chi connectivity index (χ3v) is 2.73. The molecule has 0 radical (unpaired) electrons. The standard InChI is InChI=1S/C16H22N2O2/c1-13(2)7-5-11-18-16(20)15-14(8-3-4-12-19)9-6-10-17-15/h6,9-10,13,19H,4-5,7,11-12H2,1-2H3,(H,18,20). The van der Waals surface area contributed by atoms with Gasteiger partial charge in [0.05, 0.1) is 12.2 Å². The molecule has 1 amide bonds. The maximum atomic E-state index is 12.1. The van der Waals surface area contributed by atoms with E-state index in [1.165, 1.54) is 0 Å². The minimum Gasteiger partial charge on any atom is -0.395 e. The van der Waals surface area contributed by atoms with Crippen LogP contribution in [0.25, 0.3) is 0 Å². The van der Waals surface area contributed by atoms with Crippen molar-refractivity contribution >= 4 is 5.91 Å². The fourth-order valence-electron chi connectivity index (χ4n) is 1.70. The summed E-state index contributed by atoms with van der Waals surface area (Å²) in [5, 5.41) is 11.6. The van der Waals surface area contributed by atoms with Gasteiger partial charge in [-0.15, -0.1) is 0 Å². The van der Waals surface area contributed by atoms with Gasteiger partial charge in [0, 0.05) is 19.2 Å². The molecule has 1 heterocycles. The first kappa shape index (κ1) is 16.2. The first-order chi connectivity index (χ1) is 9.65. The molecule has 20 heavy (non-hydrogen) atoms. The smallest absolute Gasteiger partial charge is 0.271 e. The van der Waals surface area contributed by atoms with Crippen molar-refractivity contribution in [3.05, 3.63) is 29.6 Å². The molecule has 0 fully saturated rings. The fourth-order valence-corrected chi connectivity index (χ4v) is 1.70. The second kappa shape index (κ2) is 9.11. The van der Waals surface area contributed by atoms with E-state index in [0.717, 1.165) is 12.8 Å². The van der Waals surface area contributed by atoms with Gasteiger partial charge in [0.15, 0.2) is 0 Å². The predicted molar refractivity (Wildman–Crippen MR) is 79.2 cm³/mol. The van der Waals surface area contributed by atoms with Crippen LogP contribution >= 0.6 is 0 Å². The third kappa shape index (κ3) is 5.85. The van der Waals surface area contributed by atoms with Crippen LogP contribution in [0, 0.1) is 17.8 Å². The quantitative estimate of drug-likeness (QED) is 0.616. The van der Waals surface area contributed by atoms with E-state index in [4.69, 9.17) is 5.11 Å². The number of aliphatic hydroxyl groups is 1. The number of nitrogens with zero attached hydrogens (tertiary/aromatic N) is 1. The van der Waals surface area contributed by atoms with Gasteiger partial charge in [0.25, 0.3) is 5.91 Å². The number of nitrogens with one attached hydrogen (secondary N) is 1. The molecule has 0 aliphatic carbocycles. The van der Waals surface area contributed by atoms with E-state index >= 15 is 0 Å². The second-order valence-electron chi connectivity index (χ2n) is 4.97. The van der Waals surface area contributed by atoms with Gasteiger partial charge in [-0.1, -0.05) is 25.7 Å². The predicted octanol–water partition coefficient (Wildman–Crippen LogP) is 1.98. The summed E-state index contributed by atoms with van der Waals surface area (Å²) < 4.78 is 0. The molecule has 0 aliphatic rings. The van der Waals surface area contributed by atoms with E-state index in [1.54, 1.807) is 18.3 Å². The topological polar surface area (TPSA) is 62.2 Å². The molecule has 2 N–H and O–H groups in total. The van der Waals surface area contributed by atoms with E-state index in [1.807, 2.05) is 0 Å². The van der Waals surface area contributed by atoms with Crippen LogP contribution in [0.4, 0.5) is 0 Å². The van der Waals surface area contributed by atoms with E-state index < -0.39 is 0 Å². The third-order valence-electron chi connectivity index (χ3n) is 2.73. The maximum absolute atomic E-state index is 12.1. The van der Waals surface area contributed by atoms with Crippen molar-refractivity contribution in [3.63, 3.8) is 0 Å². The van der Waals surface area contributed by atoms with E-state index in [9.17, 15) is 4.79 Å². The molecule has 0 aliphatic heterocycles. The molecule has 0 aromatic carbocycles. The van der Waals surface area contributed by atoms with Crippen molar-refractivity contribution in [3.8, 4) is 11.8 Å². The maximum Gasteiger partial charge on any atom is 0.271 e. The van der Waals surface area contributed by atoms with E-state index in [0.29, 0.717) is 30.1 Å².